The van der Waals surface area contributed by atoms with Crippen LogP contribution in [0.1, 0.15) is 16.1 Å². The largest absolute Gasteiger partial charge is 0.497 e. The van der Waals surface area contributed by atoms with E-state index in [-0.39, 0.29) is 12.2 Å². The normalized spacial score (nSPS) is 10.7. The molecular formula is C21H17Cl2NO4. The third kappa shape index (κ3) is 4.12. The van der Waals surface area contributed by atoms with Crippen LogP contribution in [-0.2, 0) is 11.3 Å². The van der Waals surface area contributed by atoms with Crippen molar-refractivity contribution in [3.63, 3.8) is 0 Å². The molecule has 0 saturated heterocycles. The number of carboxylic acid groups (broad SMARTS) is 1. The van der Waals surface area contributed by atoms with Gasteiger partial charge in [-0.15, -0.1) is 0 Å². The third-order valence-corrected chi connectivity index (χ3v) is 4.75. The summed E-state index contributed by atoms with van der Waals surface area (Å²) in [5, 5.41) is 10.5. The van der Waals surface area contributed by atoms with E-state index in [9.17, 15) is 9.90 Å². The fourth-order valence-corrected chi connectivity index (χ4v) is 3.38. The minimum Gasteiger partial charge on any atom is -0.497 e. The van der Waals surface area contributed by atoms with E-state index in [0.717, 1.165) is 5.56 Å². The zero-order valence-corrected chi connectivity index (χ0v) is 16.7. The molecule has 0 amide bonds. The zero-order valence-electron chi connectivity index (χ0n) is 15.2. The predicted octanol–water partition coefficient (Wildman–Crippen LogP) is 5.58. The number of carboxylic acids is 1. The van der Waals surface area contributed by atoms with E-state index in [4.69, 9.17) is 32.7 Å². The number of aromatic carboxylic acids is 1. The van der Waals surface area contributed by atoms with E-state index in [0.29, 0.717) is 38.3 Å². The summed E-state index contributed by atoms with van der Waals surface area (Å²) < 4.78 is 10.4. The maximum atomic E-state index is 11.8. The molecule has 0 bridgehead atoms. The molecule has 5 nitrogen and oxygen atoms in total. The van der Waals surface area contributed by atoms with Gasteiger partial charge in [-0.1, -0.05) is 29.3 Å². The summed E-state index contributed by atoms with van der Waals surface area (Å²) in [5.74, 6) is -0.388. The van der Waals surface area contributed by atoms with Gasteiger partial charge in [-0.05, 0) is 42.5 Å². The number of ether oxygens (including phenoxy) is 2. The Bertz CT molecular complexity index is 1020. The van der Waals surface area contributed by atoms with Crippen LogP contribution in [0.3, 0.4) is 0 Å². The molecule has 3 aromatic rings. The molecule has 0 aliphatic rings. The van der Waals surface area contributed by atoms with Crippen LogP contribution < -0.4 is 4.74 Å². The molecule has 1 N–H and O–H groups in total. The van der Waals surface area contributed by atoms with Crippen LogP contribution in [0.25, 0.3) is 22.4 Å². The van der Waals surface area contributed by atoms with E-state index < -0.39 is 5.97 Å². The van der Waals surface area contributed by atoms with Gasteiger partial charge in [0.2, 0.25) is 0 Å². The minimum absolute atomic E-state index is 0.0557. The Morgan fingerprint density at radius 3 is 2.32 bits per heavy atom. The lowest BCUT2D eigenvalue weighted by Gasteiger charge is -2.15. The molecule has 1 aromatic heterocycles. The SMILES string of the molecule is COCc1nc(-c2ccc(OC)cc2)c(-c2ccc(Cl)cc2Cl)cc1C(=O)O. The quantitative estimate of drug-likeness (QED) is 0.567. The summed E-state index contributed by atoms with van der Waals surface area (Å²) in [7, 11) is 3.08. The highest BCUT2D eigenvalue weighted by Crippen LogP contribution is 2.38. The van der Waals surface area contributed by atoms with Gasteiger partial charge in [0.15, 0.2) is 0 Å². The first-order valence-corrected chi connectivity index (χ1v) is 9.06. The van der Waals surface area contributed by atoms with Crippen molar-refractivity contribution < 1.29 is 19.4 Å². The van der Waals surface area contributed by atoms with E-state index in [1.54, 1.807) is 31.4 Å². The standard InChI is InChI=1S/C21H17Cl2NO4/c1-27-11-19-17(21(25)26)10-16(15-8-5-13(22)9-18(15)23)20(24-19)12-3-6-14(28-2)7-4-12/h3-10H,11H2,1-2H3,(H,25,26). The average molecular weight is 418 g/mol. The Labute approximate surface area is 172 Å². The molecular weight excluding hydrogens is 401 g/mol. The summed E-state index contributed by atoms with van der Waals surface area (Å²) in [4.78, 5) is 16.4. The first kappa shape index (κ1) is 20.1. The van der Waals surface area contributed by atoms with Crippen molar-refractivity contribution in [2.45, 2.75) is 6.61 Å². The smallest absolute Gasteiger partial charge is 0.337 e. The molecule has 0 atom stereocenters. The first-order chi connectivity index (χ1) is 13.4. The Morgan fingerprint density at radius 1 is 1.04 bits per heavy atom. The van der Waals surface area contributed by atoms with E-state index in [1.165, 1.54) is 7.11 Å². The molecule has 1 heterocycles. The van der Waals surface area contributed by atoms with Crippen molar-refractivity contribution in [1.29, 1.82) is 0 Å². The van der Waals surface area contributed by atoms with Crippen LogP contribution in [0.15, 0.2) is 48.5 Å². The lowest BCUT2D eigenvalue weighted by Crippen LogP contribution is -2.08. The van der Waals surface area contributed by atoms with Crippen molar-refractivity contribution >= 4 is 29.2 Å². The molecule has 0 fully saturated rings. The number of nitrogens with zero attached hydrogens (tertiary/aromatic N) is 1. The zero-order chi connectivity index (χ0) is 20.3. The maximum Gasteiger partial charge on any atom is 0.337 e. The Balaban J connectivity index is 2.30. The highest BCUT2D eigenvalue weighted by molar-refractivity contribution is 6.36. The fraction of sp³-hybridized carbons (Fsp3) is 0.143. The molecule has 0 aliphatic heterocycles. The molecule has 28 heavy (non-hydrogen) atoms. The lowest BCUT2D eigenvalue weighted by atomic mass is 9.96. The van der Waals surface area contributed by atoms with E-state index in [1.807, 2.05) is 24.3 Å². The van der Waals surface area contributed by atoms with Crippen LogP contribution in [-0.4, -0.2) is 30.3 Å². The fourth-order valence-electron chi connectivity index (χ4n) is 2.87. The Morgan fingerprint density at radius 2 is 1.75 bits per heavy atom. The molecule has 7 heteroatoms. The minimum atomic E-state index is -1.09. The van der Waals surface area contributed by atoms with Gasteiger partial charge in [0.05, 0.1) is 30.7 Å². The molecule has 0 spiro atoms. The number of halogens is 2. The van der Waals surface area contributed by atoms with Crippen molar-refractivity contribution in [2.24, 2.45) is 0 Å². The molecule has 144 valence electrons. The van der Waals surface area contributed by atoms with Crippen LogP contribution in [0.4, 0.5) is 0 Å². The summed E-state index contributed by atoms with van der Waals surface area (Å²) >= 11 is 12.4. The van der Waals surface area contributed by atoms with Crippen molar-refractivity contribution in [3.8, 4) is 28.1 Å². The van der Waals surface area contributed by atoms with Gasteiger partial charge in [-0.25, -0.2) is 9.78 Å². The van der Waals surface area contributed by atoms with Crippen LogP contribution in [0.2, 0.25) is 10.0 Å². The number of methoxy groups -OCH3 is 2. The summed E-state index contributed by atoms with van der Waals surface area (Å²) in [6.45, 7) is 0.0689. The van der Waals surface area contributed by atoms with Crippen LogP contribution in [0, 0.1) is 0 Å². The molecule has 0 unspecified atom stereocenters. The van der Waals surface area contributed by atoms with E-state index in [2.05, 4.69) is 4.98 Å². The van der Waals surface area contributed by atoms with Crippen molar-refractivity contribution in [1.82, 2.24) is 4.98 Å². The average Bonchev–Trinajstić information content (AvgIpc) is 2.68. The Hall–Kier alpha value is -2.60. The molecule has 2 aromatic carbocycles. The summed E-state index contributed by atoms with van der Waals surface area (Å²) in [5.41, 5.74) is 2.98. The van der Waals surface area contributed by atoms with Gasteiger partial charge < -0.3 is 14.6 Å². The number of hydrogen-bond acceptors (Lipinski definition) is 4. The third-order valence-electron chi connectivity index (χ3n) is 4.20. The second kappa shape index (κ2) is 8.61. The van der Waals surface area contributed by atoms with Gasteiger partial charge >= 0.3 is 5.97 Å². The Kier molecular flexibility index (Phi) is 6.19. The highest BCUT2D eigenvalue weighted by atomic mass is 35.5. The van der Waals surface area contributed by atoms with Gasteiger partial charge in [0, 0.05) is 33.8 Å². The number of pyridine rings is 1. The number of rotatable bonds is 6. The molecule has 3 rings (SSSR count). The topological polar surface area (TPSA) is 68.7 Å². The molecule has 0 aliphatic carbocycles. The number of benzene rings is 2. The van der Waals surface area contributed by atoms with E-state index >= 15 is 0 Å². The number of carbonyl (C=O) groups is 1. The predicted molar refractivity (Wildman–Crippen MR) is 109 cm³/mol. The highest BCUT2D eigenvalue weighted by Gasteiger charge is 2.20. The number of aromatic nitrogens is 1. The monoisotopic (exact) mass is 417 g/mol. The van der Waals surface area contributed by atoms with Crippen molar-refractivity contribution in [2.75, 3.05) is 14.2 Å². The first-order valence-electron chi connectivity index (χ1n) is 8.30. The van der Waals surface area contributed by atoms with Crippen molar-refractivity contribution in [3.05, 3.63) is 69.8 Å². The van der Waals surface area contributed by atoms with Crippen LogP contribution >= 0.6 is 23.2 Å². The molecule has 0 saturated carbocycles. The van der Waals surface area contributed by atoms with Gasteiger partial charge in [-0.2, -0.15) is 0 Å². The summed E-state index contributed by atoms with van der Waals surface area (Å²) in [6, 6.07) is 14.0. The van der Waals surface area contributed by atoms with Crippen LogP contribution in [0.5, 0.6) is 5.75 Å². The second-order valence-electron chi connectivity index (χ2n) is 5.97. The second-order valence-corrected chi connectivity index (χ2v) is 6.81. The van der Waals surface area contributed by atoms with Gasteiger partial charge in [0.25, 0.3) is 0 Å². The number of hydrogen-bond donors (Lipinski definition) is 1. The van der Waals surface area contributed by atoms with Gasteiger partial charge in [-0.3, -0.25) is 0 Å². The maximum absolute atomic E-state index is 11.8. The molecule has 0 radical (unpaired) electrons. The summed E-state index contributed by atoms with van der Waals surface area (Å²) in [6.07, 6.45) is 0. The lowest BCUT2D eigenvalue weighted by molar-refractivity contribution is 0.0691. The van der Waals surface area contributed by atoms with Gasteiger partial charge in [0.1, 0.15) is 5.75 Å².